The number of carbonyl (C=O) groups excluding carboxylic acids is 1. The summed E-state index contributed by atoms with van der Waals surface area (Å²) in [5, 5.41) is 77.8. The molecule has 5 aromatic carbocycles. The molecule has 30 heteroatoms. The third-order valence-electron chi connectivity index (χ3n) is 8.40. The lowest BCUT2D eigenvalue weighted by Gasteiger charge is -2.12. The van der Waals surface area contributed by atoms with Crippen LogP contribution >= 0.6 is 0 Å². The van der Waals surface area contributed by atoms with Crippen LogP contribution in [-0.4, -0.2) is 93.9 Å². The number of azo groups is 3. The van der Waals surface area contributed by atoms with Gasteiger partial charge in [-0.1, -0.05) is 6.07 Å². The zero-order valence-corrected chi connectivity index (χ0v) is 32.9. The number of nitro benzene ring substituents is 1. The number of phenols is 2. The summed E-state index contributed by atoms with van der Waals surface area (Å²) in [5.74, 6) is -6.63. The van der Waals surface area contributed by atoms with E-state index in [1.807, 2.05) is 0 Å². The Morgan fingerprint density at radius 3 is 1.87 bits per heavy atom. The van der Waals surface area contributed by atoms with Crippen LogP contribution in [0.25, 0.3) is 10.8 Å². The molecule has 1 atom stereocenters. The van der Waals surface area contributed by atoms with Gasteiger partial charge >= 0.3 is 11.9 Å². The number of nitro groups is 1. The molecular weight excluding hydrogens is 907 g/mol. The van der Waals surface area contributed by atoms with Crippen LogP contribution in [0.4, 0.5) is 39.8 Å². The van der Waals surface area contributed by atoms with E-state index >= 15 is 0 Å². The summed E-state index contributed by atoms with van der Waals surface area (Å²) in [4.78, 5) is 44.0. The summed E-state index contributed by atoms with van der Waals surface area (Å²) in [5.41, 5.74) is -5.57. The highest BCUT2D eigenvalue weighted by Crippen LogP contribution is 2.48. The first kappa shape index (κ1) is 44.5. The van der Waals surface area contributed by atoms with E-state index in [-0.39, 0.29) is 16.8 Å². The molecule has 0 fully saturated rings. The molecule has 0 spiro atoms. The number of aliphatic carboxylic acids is 1. The molecule has 1 amide bonds. The molecule has 1 aliphatic rings. The second kappa shape index (κ2) is 16.4. The standard InChI is InChI=1S/C33H21N9O18S3/c43-29-21(37-34-15-3-10-22(42(50)51)19(12-15)32(46)47)8-1-14-11-24(63(58,59)60)26(30(44)25(14)29)38-36-20-9-2-16(13-23(20)62(55,56)57)35-39-27-28(33(48)49)40-41(31(27)45)17-4-6-18(7-5-17)61(52,53)54/h1-13,27,43-44H,(H,46,47)(H,48,49)(H,52,53,54)(H,55,56,57)(H,58,59,60). The maximum atomic E-state index is 13.1. The molecule has 1 aliphatic heterocycles. The number of amides is 1. The highest BCUT2D eigenvalue weighted by atomic mass is 32.2. The maximum Gasteiger partial charge on any atom is 0.355 e. The Balaban J connectivity index is 1.36. The average molecular weight is 928 g/mol. The minimum Gasteiger partial charge on any atom is -0.505 e. The molecule has 0 aromatic heterocycles. The average Bonchev–Trinajstić information content (AvgIpc) is 3.53. The monoisotopic (exact) mass is 927 g/mol. The summed E-state index contributed by atoms with van der Waals surface area (Å²) in [6, 6.07) is 9.77. The van der Waals surface area contributed by atoms with Crippen LogP contribution in [0.2, 0.25) is 0 Å². The lowest BCUT2D eigenvalue weighted by atomic mass is 10.1. The van der Waals surface area contributed by atoms with Gasteiger partial charge in [0, 0.05) is 6.07 Å². The van der Waals surface area contributed by atoms with Gasteiger partial charge in [-0.3, -0.25) is 28.6 Å². The van der Waals surface area contributed by atoms with E-state index in [1.165, 1.54) is 0 Å². The van der Waals surface area contributed by atoms with Gasteiger partial charge in [-0.25, -0.2) is 9.59 Å². The zero-order chi connectivity index (χ0) is 46.3. The first-order valence-corrected chi connectivity index (χ1v) is 20.8. The molecule has 0 aliphatic carbocycles. The predicted molar refractivity (Wildman–Crippen MR) is 209 cm³/mol. The summed E-state index contributed by atoms with van der Waals surface area (Å²) in [7, 11) is -15.2. The predicted octanol–water partition coefficient (Wildman–Crippen LogP) is 5.37. The Morgan fingerprint density at radius 1 is 0.683 bits per heavy atom. The van der Waals surface area contributed by atoms with Crippen LogP contribution < -0.4 is 5.01 Å². The number of aromatic carboxylic acids is 1. The molecule has 0 bridgehead atoms. The fourth-order valence-electron chi connectivity index (χ4n) is 5.55. The van der Waals surface area contributed by atoms with E-state index in [9.17, 15) is 83.8 Å². The summed E-state index contributed by atoms with van der Waals surface area (Å²) < 4.78 is 102. The highest BCUT2D eigenvalue weighted by molar-refractivity contribution is 7.86. The Labute approximate surface area is 349 Å². The second-order valence-electron chi connectivity index (χ2n) is 12.4. The van der Waals surface area contributed by atoms with Crippen molar-refractivity contribution >= 4 is 104 Å². The van der Waals surface area contributed by atoms with Crippen LogP contribution in [0.1, 0.15) is 10.4 Å². The van der Waals surface area contributed by atoms with Crippen molar-refractivity contribution < 1.29 is 78.6 Å². The van der Waals surface area contributed by atoms with Crippen molar-refractivity contribution in [3.63, 3.8) is 0 Å². The van der Waals surface area contributed by atoms with Crippen LogP contribution in [0.5, 0.6) is 11.5 Å². The first-order chi connectivity index (χ1) is 29.4. The fourth-order valence-corrected chi connectivity index (χ4v) is 7.33. The largest absolute Gasteiger partial charge is 0.505 e. The summed E-state index contributed by atoms with van der Waals surface area (Å²) in [6.07, 6.45) is 0. The number of carbonyl (C=O) groups is 3. The normalized spacial score (nSPS) is 14.9. The van der Waals surface area contributed by atoms with E-state index in [0.717, 1.165) is 72.8 Å². The van der Waals surface area contributed by atoms with Crippen LogP contribution in [0.3, 0.4) is 0 Å². The number of aromatic hydroxyl groups is 2. The minimum absolute atomic E-state index is 0.153. The molecule has 0 saturated heterocycles. The molecule has 0 saturated carbocycles. The molecule has 27 nitrogen and oxygen atoms in total. The molecule has 5 aromatic rings. The van der Waals surface area contributed by atoms with Crippen molar-refractivity contribution in [3.8, 4) is 11.5 Å². The van der Waals surface area contributed by atoms with Crippen LogP contribution in [-0.2, 0) is 39.9 Å². The van der Waals surface area contributed by atoms with Gasteiger partial charge in [0.15, 0.2) is 17.2 Å². The van der Waals surface area contributed by atoms with Gasteiger partial charge in [-0.15, -0.1) is 15.3 Å². The van der Waals surface area contributed by atoms with E-state index < -0.39 is 130 Å². The minimum atomic E-state index is -5.30. The number of fused-ring (bicyclic) bond motifs is 1. The first-order valence-electron chi connectivity index (χ1n) is 16.5. The summed E-state index contributed by atoms with van der Waals surface area (Å²) in [6.45, 7) is 0. The van der Waals surface area contributed by atoms with E-state index in [4.69, 9.17) is 0 Å². The van der Waals surface area contributed by atoms with E-state index in [2.05, 4.69) is 35.8 Å². The number of rotatable bonds is 13. The Morgan fingerprint density at radius 2 is 1.29 bits per heavy atom. The van der Waals surface area contributed by atoms with E-state index in [0.29, 0.717) is 11.1 Å². The number of carboxylic acid groups (broad SMARTS) is 2. The Hall–Kier alpha value is -8.03. The van der Waals surface area contributed by atoms with Gasteiger partial charge in [0.2, 0.25) is 6.04 Å². The van der Waals surface area contributed by atoms with E-state index in [1.54, 1.807) is 0 Å². The van der Waals surface area contributed by atoms with Crippen LogP contribution in [0.15, 0.2) is 129 Å². The van der Waals surface area contributed by atoms with Crippen molar-refractivity contribution in [1.82, 2.24) is 0 Å². The van der Waals surface area contributed by atoms with Gasteiger partial charge < -0.3 is 20.4 Å². The number of hydrazone groups is 1. The van der Waals surface area contributed by atoms with Crippen molar-refractivity contribution in [2.24, 2.45) is 35.8 Å². The van der Waals surface area contributed by atoms with Gasteiger partial charge in [0.25, 0.3) is 41.9 Å². The Bertz CT molecular complexity index is 3300. The smallest absolute Gasteiger partial charge is 0.355 e. The van der Waals surface area contributed by atoms with Gasteiger partial charge in [-0.2, -0.15) is 50.7 Å². The third-order valence-corrected chi connectivity index (χ3v) is 11.0. The number of hydrogen-bond donors (Lipinski definition) is 7. The topological polar surface area (TPSA) is 428 Å². The van der Waals surface area contributed by atoms with Crippen LogP contribution in [0, 0.1) is 10.1 Å². The lowest BCUT2D eigenvalue weighted by molar-refractivity contribution is -0.385. The number of carboxylic acids is 2. The van der Waals surface area contributed by atoms with Crippen molar-refractivity contribution in [3.05, 3.63) is 94.5 Å². The van der Waals surface area contributed by atoms with Crippen molar-refractivity contribution in [2.45, 2.75) is 20.7 Å². The molecule has 63 heavy (non-hydrogen) atoms. The lowest BCUT2D eigenvalue weighted by Crippen LogP contribution is -2.33. The molecule has 0 radical (unpaired) electrons. The Kier molecular flexibility index (Phi) is 11.6. The quantitative estimate of drug-likeness (QED) is 0.0338. The second-order valence-corrected chi connectivity index (χ2v) is 16.6. The SMILES string of the molecule is O=C(O)C1=NN(c2ccc(S(=O)(=O)O)cc2)C(=O)C1N=Nc1ccc(N=Nc2c(S(=O)(=O)O)cc3ccc(N=Nc4ccc([N+](=O)[O-])c(C(=O)O)c4)c(O)c3c2O)c(S(=O)(=O)O)c1. The zero-order valence-electron chi connectivity index (χ0n) is 30.5. The van der Waals surface area contributed by atoms with Gasteiger partial charge in [0.05, 0.1) is 32.3 Å². The number of nitrogens with zero attached hydrogens (tertiary/aromatic N) is 9. The molecule has 1 unspecified atom stereocenters. The molecular formula is C33H21N9O18S3. The molecule has 7 N–H and O–H groups in total. The summed E-state index contributed by atoms with van der Waals surface area (Å²) >= 11 is 0. The highest BCUT2D eigenvalue weighted by Gasteiger charge is 2.41. The molecule has 1 heterocycles. The number of hydrogen-bond acceptors (Lipinski definition) is 20. The van der Waals surface area contributed by atoms with Gasteiger partial charge in [-0.05, 0) is 72.1 Å². The maximum absolute atomic E-state index is 13.1. The van der Waals surface area contributed by atoms with Gasteiger partial charge in [0.1, 0.15) is 32.4 Å². The number of phenolic OH excluding ortho intramolecular Hbond substituents is 2. The molecule has 6 rings (SSSR count). The van der Waals surface area contributed by atoms with Crippen molar-refractivity contribution in [1.29, 1.82) is 0 Å². The number of anilines is 1. The number of benzene rings is 5. The third kappa shape index (κ3) is 9.19. The van der Waals surface area contributed by atoms with Crippen molar-refractivity contribution in [2.75, 3.05) is 5.01 Å². The molecule has 324 valence electrons. The fraction of sp³-hybridized carbons (Fsp3) is 0.0303.